The summed E-state index contributed by atoms with van der Waals surface area (Å²) in [5, 5.41) is 9.09. The van der Waals surface area contributed by atoms with Crippen molar-refractivity contribution in [3.63, 3.8) is 0 Å². The molecule has 1 aliphatic heterocycles. The molecule has 0 fully saturated rings. The molecule has 0 radical (unpaired) electrons. The predicted octanol–water partition coefficient (Wildman–Crippen LogP) is 3.00. The molecule has 0 aromatic heterocycles. The first kappa shape index (κ1) is 14.0. The summed E-state index contributed by atoms with van der Waals surface area (Å²) in [6, 6.07) is 13.2. The van der Waals surface area contributed by atoms with Gasteiger partial charge in [0.05, 0.1) is 11.5 Å². The van der Waals surface area contributed by atoms with Gasteiger partial charge < -0.3 is 10.0 Å². The number of hydrogen-bond acceptors (Lipinski definition) is 2. The number of hydrogen-bond donors (Lipinski definition) is 1. The summed E-state index contributed by atoms with van der Waals surface area (Å²) in [4.78, 5) is 25.9. The van der Waals surface area contributed by atoms with E-state index in [-0.39, 0.29) is 17.4 Å². The summed E-state index contributed by atoms with van der Waals surface area (Å²) in [6.45, 7) is 0.635. The molecule has 116 valence electrons. The Morgan fingerprint density at radius 3 is 2.70 bits per heavy atom. The Balaban J connectivity index is 1.64. The molecule has 2 aromatic carbocycles. The molecule has 2 aromatic rings. The smallest absolute Gasteiger partial charge is 0.335 e. The van der Waals surface area contributed by atoms with E-state index in [2.05, 4.69) is 12.1 Å². The van der Waals surface area contributed by atoms with Gasteiger partial charge in [-0.1, -0.05) is 24.3 Å². The van der Waals surface area contributed by atoms with E-state index in [0.717, 1.165) is 36.1 Å². The minimum atomic E-state index is -0.928. The maximum Gasteiger partial charge on any atom is 0.335 e. The second-order valence-corrected chi connectivity index (χ2v) is 6.18. The third-order valence-corrected chi connectivity index (χ3v) is 4.92. The minimum absolute atomic E-state index is 0.0729. The van der Waals surface area contributed by atoms with Crippen LogP contribution in [0.15, 0.2) is 42.5 Å². The number of benzene rings is 2. The number of carboxylic acid groups (broad SMARTS) is 1. The predicted molar refractivity (Wildman–Crippen MR) is 87.0 cm³/mol. The second-order valence-electron chi connectivity index (χ2n) is 6.18. The SMILES string of the molecule is O=C(O)c1ccc2c(c1)CCN2C(=O)C1CCc2ccccc21. The van der Waals surface area contributed by atoms with Crippen molar-refractivity contribution in [1.29, 1.82) is 0 Å². The number of amides is 1. The number of fused-ring (bicyclic) bond motifs is 2. The van der Waals surface area contributed by atoms with Crippen molar-refractivity contribution in [1.82, 2.24) is 0 Å². The fraction of sp³-hybridized carbons (Fsp3) is 0.263. The van der Waals surface area contributed by atoms with E-state index in [9.17, 15) is 9.59 Å². The van der Waals surface area contributed by atoms with Crippen molar-refractivity contribution in [2.45, 2.75) is 25.2 Å². The van der Waals surface area contributed by atoms with Gasteiger partial charge in [-0.05, 0) is 54.2 Å². The summed E-state index contributed by atoms with van der Waals surface area (Å²) in [5.41, 5.74) is 4.51. The molecular weight excluding hydrogens is 290 g/mol. The quantitative estimate of drug-likeness (QED) is 0.928. The zero-order chi connectivity index (χ0) is 16.0. The Morgan fingerprint density at radius 1 is 1.04 bits per heavy atom. The summed E-state index contributed by atoms with van der Waals surface area (Å²) in [7, 11) is 0. The Bertz CT molecular complexity index is 812. The molecule has 0 bridgehead atoms. The number of aryl methyl sites for hydroxylation is 1. The first-order chi connectivity index (χ1) is 11.1. The van der Waals surface area contributed by atoms with Crippen molar-refractivity contribution in [3.8, 4) is 0 Å². The molecule has 4 rings (SSSR count). The van der Waals surface area contributed by atoms with Gasteiger partial charge in [0.25, 0.3) is 0 Å². The van der Waals surface area contributed by atoms with Gasteiger partial charge >= 0.3 is 5.97 Å². The summed E-state index contributed by atoms with van der Waals surface area (Å²) in [6.07, 6.45) is 2.53. The summed E-state index contributed by atoms with van der Waals surface area (Å²) >= 11 is 0. The third-order valence-electron chi connectivity index (χ3n) is 4.92. The van der Waals surface area contributed by atoms with E-state index in [0.29, 0.717) is 6.54 Å². The van der Waals surface area contributed by atoms with Crippen molar-refractivity contribution in [3.05, 3.63) is 64.7 Å². The molecule has 1 atom stereocenters. The normalized spacial score (nSPS) is 18.6. The van der Waals surface area contributed by atoms with E-state index >= 15 is 0 Å². The van der Waals surface area contributed by atoms with Crippen LogP contribution in [-0.2, 0) is 17.6 Å². The van der Waals surface area contributed by atoms with Gasteiger partial charge in [0.2, 0.25) is 5.91 Å². The van der Waals surface area contributed by atoms with Gasteiger partial charge in [-0.2, -0.15) is 0 Å². The van der Waals surface area contributed by atoms with E-state index in [4.69, 9.17) is 5.11 Å². The molecule has 1 N–H and O–H groups in total. The van der Waals surface area contributed by atoms with Crippen LogP contribution in [0.1, 0.15) is 39.4 Å². The average Bonchev–Trinajstić information content (AvgIpc) is 3.17. The Kier molecular flexibility index (Phi) is 3.18. The molecule has 1 unspecified atom stereocenters. The van der Waals surface area contributed by atoms with Crippen LogP contribution < -0.4 is 4.90 Å². The summed E-state index contributed by atoms with van der Waals surface area (Å²) in [5.74, 6) is -0.865. The van der Waals surface area contributed by atoms with Crippen molar-refractivity contribution < 1.29 is 14.7 Å². The molecule has 0 saturated carbocycles. The zero-order valence-corrected chi connectivity index (χ0v) is 12.7. The van der Waals surface area contributed by atoms with Gasteiger partial charge in [0.1, 0.15) is 0 Å². The Labute approximate surface area is 134 Å². The molecule has 0 saturated heterocycles. The molecule has 1 aliphatic carbocycles. The highest BCUT2D eigenvalue weighted by Crippen LogP contribution is 2.38. The first-order valence-electron chi connectivity index (χ1n) is 7.90. The number of carboxylic acids is 1. The van der Waals surface area contributed by atoms with Crippen LogP contribution in [0.5, 0.6) is 0 Å². The van der Waals surface area contributed by atoms with Crippen LogP contribution in [0.2, 0.25) is 0 Å². The minimum Gasteiger partial charge on any atom is -0.478 e. The third kappa shape index (κ3) is 2.22. The number of carbonyl (C=O) groups excluding carboxylic acids is 1. The number of nitrogens with zero attached hydrogens (tertiary/aromatic N) is 1. The highest BCUT2D eigenvalue weighted by atomic mass is 16.4. The zero-order valence-electron chi connectivity index (χ0n) is 12.7. The van der Waals surface area contributed by atoms with E-state index in [1.807, 2.05) is 17.0 Å². The van der Waals surface area contributed by atoms with Crippen LogP contribution in [0, 0.1) is 0 Å². The largest absolute Gasteiger partial charge is 0.478 e. The lowest BCUT2D eigenvalue weighted by atomic mass is 9.99. The molecule has 4 nitrogen and oxygen atoms in total. The fourth-order valence-corrected chi connectivity index (χ4v) is 3.77. The Morgan fingerprint density at radius 2 is 1.87 bits per heavy atom. The average molecular weight is 307 g/mol. The Hall–Kier alpha value is -2.62. The highest BCUT2D eigenvalue weighted by molar-refractivity contribution is 6.01. The molecular formula is C19H17NO3. The van der Waals surface area contributed by atoms with Gasteiger partial charge in [-0.15, -0.1) is 0 Å². The van der Waals surface area contributed by atoms with Gasteiger partial charge in [0, 0.05) is 12.2 Å². The van der Waals surface area contributed by atoms with Crippen LogP contribution in [0.3, 0.4) is 0 Å². The second kappa shape index (κ2) is 5.23. The maximum atomic E-state index is 13.0. The molecule has 1 heterocycles. The molecule has 23 heavy (non-hydrogen) atoms. The van der Waals surface area contributed by atoms with Crippen LogP contribution in [-0.4, -0.2) is 23.5 Å². The van der Waals surface area contributed by atoms with Crippen LogP contribution in [0.4, 0.5) is 5.69 Å². The maximum absolute atomic E-state index is 13.0. The lowest BCUT2D eigenvalue weighted by Gasteiger charge is -2.22. The lowest BCUT2D eigenvalue weighted by Crippen LogP contribution is -2.33. The highest BCUT2D eigenvalue weighted by Gasteiger charge is 2.34. The van der Waals surface area contributed by atoms with Crippen molar-refractivity contribution in [2.24, 2.45) is 0 Å². The number of aromatic carboxylic acids is 1. The van der Waals surface area contributed by atoms with E-state index < -0.39 is 5.97 Å². The van der Waals surface area contributed by atoms with Gasteiger partial charge in [0.15, 0.2) is 0 Å². The number of anilines is 1. The topological polar surface area (TPSA) is 57.6 Å². The van der Waals surface area contributed by atoms with Crippen LogP contribution >= 0.6 is 0 Å². The van der Waals surface area contributed by atoms with Crippen LogP contribution in [0.25, 0.3) is 0 Å². The van der Waals surface area contributed by atoms with E-state index in [1.54, 1.807) is 18.2 Å². The lowest BCUT2D eigenvalue weighted by molar-refractivity contribution is -0.119. The van der Waals surface area contributed by atoms with E-state index in [1.165, 1.54) is 5.56 Å². The summed E-state index contributed by atoms with van der Waals surface area (Å²) < 4.78 is 0. The standard InChI is InChI=1S/C19H17NO3/c21-18(16-7-5-12-3-1-2-4-15(12)16)20-10-9-13-11-14(19(22)23)6-8-17(13)20/h1-4,6,8,11,16H,5,7,9-10H2,(H,22,23). The molecule has 0 spiro atoms. The molecule has 1 amide bonds. The molecule has 2 aliphatic rings. The van der Waals surface area contributed by atoms with Crippen molar-refractivity contribution in [2.75, 3.05) is 11.4 Å². The molecule has 4 heteroatoms. The van der Waals surface area contributed by atoms with Crippen molar-refractivity contribution >= 4 is 17.6 Å². The first-order valence-corrected chi connectivity index (χ1v) is 7.90. The fourth-order valence-electron chi connectivity index (χ4n) is 3.77. The van der Waals surface area contributed by atoms with Gasteiger partial charge in [-0.25, -0.2) is 4.79 Å². The van der Waals surface area contributed by atoms with Gasteiger partial charge in [-0.3, -0.25) is 4.79 Å². The number of rotatable bonds is 2. The number of carbonyl (C=O) groups is 2. The monoisotopic (exact) mass is 307 g/mol.